The molecule has 4 fully saturated rings. The molecule has 5 aliphatic rings. The fraction of sp³-hybridized carbons (Fsp3) is 0.609. The van der Waals surface area contributed by atoms with Crippen LogP contribution in [0, 0.1) is 5.82 Å². The molecule has 0 spiro atoms. The molecule has 4 saturated heterocycles. The highest BCUT2D eigenvalue weighted by molar-refractivity contribution is 5.95. The minimum absolute atomic E-state index is 0.121. The summed E-state index contributed by atoms with van der Waals surface area (Å²) in [4.78, 5) is 18.3. The molecule has 7 heterocycles. The number of anilines is 1. The van der Waals surface area contributed by atoms with Crippen LogP contribution in [-0.4, -0.2) is 76.4 Å². The van der Waals surface area contributed by atoms with Gasteiger partial charge in [0.05, 0.1) is 17.8 Å². The monoisotopic (exact) mass is 438 g/mol. The SMILES string of the molecule is C=C1CCN2CCC[C@]12COc1nc2c3c(ncc(F)c3n1)OCC1C3CCC(CN21)N3. The number of nitrogens with zero attached hydrogens (tertiary/aromatic N) is 5. The normalized spacial score (nSPS) is 33.2. The van der Waals surface area contributed by atoms with Crippen LogP contribution in [0.15, 0.2) is 18.3 Å². The van der Waals surface area contributed by atoms with Gasteiger partial charge >= 0.3 is 6.01 Å². The number of hydrogen-bond acceptors (Lipinski definition) is 8. The van der Waals surface area contributed by atoms with Crippen LogP contribution in [0.4, 0.5) is 10.2 Å². The van der Waals surface area contributed by atoms with Crippen LogP contribution in [0.2, 0.25) is 0 Å². The Morgan fingerprint density at radius 2 is 2.25 bits per heavy atom. The molecule has 1 N–H and O–H groups in total. The highest BCUT2D eigenvalue weighted by atomic mass is 19.1. The van der Waals surface area contributed by atoms with Gasteiger partial charge in [0.25, 0.3) is 0 Å². The molecule has 7 rings (SSSR count). The number of nitrogens with one attached hydrogen (secondary N) is 1. The van der Waals surface area contributed by atoms with E-state index in [-0.39, 0.29) is 23.1 Å². The molecule has 5 aliphatic heterocycles. The molecule has 2 bridgehead atoms. The summed E-state index contributed by atoms with van der Waals surface area (Å²) in [6, 6.07) is 1.07. The zero-order valence-corrected chi connectivity index (χ0v) is 18.0. The summed E-state index contributed by atoms with van der Waals surface area (Å²) in [6.07, 6.45) is 6.59. The molecule has 0 aromatic carbocycles. The maximum Gasteiger partial charge on any atom is 0.319 e. The number of hydrogen-bond donors (Lipinski definition) is 1. The molecule has 0 aliphatic carbocycles. The van der Waals surface area contributed by atoms with Gasteiger partial charge in [0.2, 0.25) is 5.88 Å². The largest absolute Gasteiger partial charge is 0.475 e. The second-order valence-electron chi connectivity index (χ2n) is 9.81. The first-order chi connectivity index (χ1) is 15.6. The van der Waals surface area contributed by atoms with E-state index in [1.54, 1.807) is 0 Å². The Morgan fingerprint density at radius 3 is 3.19 bits per heavy atom. The van der Waals surface area contributed by atoms with E-state index < -0.39 is 5.82 Å². The molecular weight excluding hydrogens is 411 g/mol. The number of fused-ring (bicyclic) bond motifs is 6. The van der Waals surface area contributed by atoms with Crippen LogP contribution in [0.3, 0.4) is 0 Å². The van der Waals surface area contributed by atoms with E-state index in [0.717, 1.165) is 51.7 Å². The van der Waals surface area contributed by atoms with Crippen molar-refractivity contribution in [3.8, 4) is 11.9 Å². The van der Waals surface area contributed by atoms with E-state index in [1.165, 1.54) is 11.8 Å². The molecule has 0 saturated carbocycles. The van der Waals surface area contributed by atoms with E-state index in [1.807, 2.05) is 0 Å². The topological polar surface area (TPSA) is 75.6 Å². The Labute approximate surface area is 185 Å². The van der Waals surface area contributed by atoms with Crippen LogP contribution >= 0.6 is 0 Å². The number of ether oxygens (including phenoxy) is 2. The minimum atomic E-state index is -0.483. The van der Waals surface area contributed by atoms with Crippen molar-refractivity contribution in [2.45, 2.75) is 55.8 Å². The molecule has 2 aromatic heterocycles. The molecular formula is C23H27FN6O2. The third-order valence-corrected chi connectivity index (χ3v) is 8.23. The van der Waals surface area contributed by atoms with Crippen molar-refractivity contribution in [1.29, 1.82) is 0 Å². The van der Waals surface area contributed by atoms with E-state index >= 15 is 0 Å². The summed E-state index contributed by atoms with van der Waals surface area (Å²) in [5.41, 5.74) is 1.29. The van der Waals surface area contributed by atoms with Crippen molar-refractivity contribution in [1.82, 2.24) is 25.2 Å². The molecule has 32 heavy (non-hydrogen) atoms. The molecule has 2 aromatic rings. The lowest BCUT2D eigenvalue weighted by atomic mass is 9.91. The van der Waals surface area contributed by atoms with Gasteiger partial charge in [-0.1, -0.05) is 12.2 Å². The highest BCUT2D eigenvalue weighted by Crippen LogP contribution is 2.43. The Kier molecular flexibility index (Phi) is 4.00. The van der Waals surface area contributed by atoms with Gasteiger partial charge in [0.15, 0.2) is 5.82 Å². The molecule has 3 unspecified atom stereocenters. The zero-order valence-electron chi connectivity index (χ0n) is 18.0. The first-order valence-electron chi connectivity index (χ1n) is 11.7. The van der Waals surface area contributed by atoms with Gasteiger partial charge in [-0.15, -0.1) is 0 Å². The number of pyridine rings is 1. The summed E-state index contributed by atoms with van der Waals surface area (Å²) >= 11 is 0. The predicted octanol–water partition coefficient (Wildman–Crippen LogP) is 2.04. The standard InChI is InChI=1S/C23H27FN6O2/c1-13-5-8-29-7-2-6-23(13,29)12-32-22-27-19-15(24)9-25-21-18(19)20(28-22)30-10-14-3-4-16(26-14)17(30)11-31-21/h9,14,16-17,26H,1-8,10-12H2/t14?,16?,17?,23-/m0/s1. The smallest absolute Gasteiger partial charge is 0.319 e. The molecule has 0 amide bonds. The maximum absolute atomic E-state index is 14.9. The van der Waals surface area contributed by atoms with Gasteiger partial charge in [0, 0.05) is 25.2 Å². The summed E-state index contributed by atoms with van der Waals surface area (Å²) in [5, 5.41) is 4.24. The summed E-state index contributed by atoms with van der Waals surface area (Å²) in [5.74, 6) is 0.597. The zero-order chi connectivity index (χ0) is 21.4. The van der Waals surface area contributed by atoms with Gasteiger partial charge < -0.3 is 19.7 Å². The number of aromatic nitrogens is 3. The Balaban J connectivity index is 1.31. The summed E-state index contributed by atoms with van der Waals surface area (Å²) in [6.45, 7) is 8.16. The lowest BCUT2D eigenvalue weighted by Gasteiger charge is -2.40. The average Bonchev–Trinajstić information content (AvgIpc) is 3.44. The van der Waals surface area contributed by atoms with Crippen molar-refractivity contribution < 1.29 is 13.9 Å². The molecule has 0 radical (unpaired) electrons. The van der Waals surface area contributed by atoms with Gasteiger partial charge in [-0.2, -0.15) is 9.97 Å². The van der Waals surface area contributed by atoms with E-state index in [0.29, 0.717) is 42.4 Å². The fourth-order valence-corrected chi connectivity index (χ4v) is 6.54. The second kappa shape index (κ2) is 6.74. The first kappa shape index (κ1) is 19.0. The van der Waals surface area contributed by atoms with Gasteiger partial charge in [0.1, 0.15) is 29.9 Å². The molecule has 8 nitrogen and oxygen atoms in total. The Bertz CT molecular complexity index is 1130. The van der Waals surface area contributed by atoms with Crippen molar-refractivity contribution in [3.05, 3.63) is 24.2 Å². The highest BCUT2D eigenvalue weighted by Gasteiger charge is 2.48. The van der Waals surface area contributed by atoms with Crippen molar-refractivity contribution in [2.75, 3.05) is 37.7 Å². The van der Waals surface area contributed by atoms with Crippen LogP contribution in [0.5, 0.6) is 11.9 Å². The van der Waals surface area contributed by atoms with Crippen LogP contribution in [0.1, 0.15) is 32.1 Å². The lowest BCUT2D eigenvalue weighted by Crippen LogP contribution is -2.60. The first-order valence-corrected chi connectivity index (χ1v) is 11.7. The minimum Gasteiger partial charge on any atom is -0.475 e. The molecule has 4 atom stereocenters. The predicted molar refractivity (Wildman–Crippen MR) is 117 cm³/mol. The summed E-state index contributed by atoms with van der Waals surface area (Å²) in [7, 11) is 0. The van der Waals surface area contributed by atoms with E-state index in [9.17, 15) is 4.39 Å². The van der Waals surface area contributed by atoms with Gasteiger partial charge in [-0.05, 0) is 38.6 Å². The van der Waals surface area contributed by atoms with E-state index in [4.69, 9.17) is 14.5 Å². The van der Waals surface area contributed by atoms with Gasteiger partial charge in [-0.25, -0.2) is 9.37 Å². The third-order valence-electron chi connectivity index (χ3n) is 8.23. The fourth-order valence-electron chi connectivity index (χ4n) is 6.54. The van der Waals surface area contributed by atoms with Crippen LogP contribution in [-0.2, 0) is 0 Å². The summed E-state index contributed by atoms with van der Waals surface area (Å²) < 4.78 is 27.2. The van der Waals surface area contributed by atoms with Crippen LogP contribution < -0.4 is 19.7 Å². The number of halogens is 1. The van der Waals surface area contributed by atoms with Crippen LogP contribution in [0.25, 0.3) is 10.9 Å². The third kappa shape index (κ3) is 2.58. The van der Waals surface area contributed by atoms with Crippen molar-refractivity contribution in [2.24, 2.45) is 0 Å². The quantitative estimate of drug-likeness (QED) is 0.730. The molecule has 168 valence electrons. The maximum atomic E-state index is 14.9. The van der Waals surface area contributed by atoms with Gasteiger partial charge in [-0.3, -0.25) is 4.90 Å². The number of rotatable bonds is 3. The lowest BCUT2D eigenvalue weighted by molar-refractivity contribution is 0.130. The second-order valence-corrected chi connectivity index (χ2v) is 9.81. The van der Waals surface area contributed by atoms with E-state index in [2.05, 4.69) is 31.7 Å². The Hall–Kier alpha value is -2.52. The molecule has 9 heteroatoms. The number of piperazine rings is 1. The Morgan fingerprint density at radius 1 is 1.31 bits per heavy atom. The van der Waals surface area contributed by atoms with Crippen molar-refractivity contribution in [3.63, 3.8) is 0 Å². The van der Waals surface area contributed by atoms with Crippen molar-refractivity contribution >= 4 is 16.7 Å². The average molecular weight is 439 g/mol.